The maximum atomic E-state index is 12.9. The van der Waals surface area contributed by atoms with Crippen molar-refractivity contribution in [2.24, 2.45) is 0 Å². The number of hydrogen-bond donors (Lipinski definition) is 1. The smallest absolute Gasteiger partial charge is 0.164 e. The van der Waals surface area contributed by atoms with Gasteiger partial charge in [-0.2, -0.15) is 0 Å². The number of pyridine rings is 1. The molecule has 1 aromatic rings. The van der Waals surface area contributed by atoms with Gasteiger partial charge in [0, 0.05) is 6.20 Å². The van der Waals surface area contributed by atoms with Gasteiger partial charge in [0.05, 0.1) is 0 Å². The minimum atomic E-state index is -0.484. The highest BCUT2D eigenvalue weighted by Gasteiger charge is 1.99. The first-order valence-electron chi connectivity index (χ1n) is 4.36. The molecular formula is C10H12ClFN2. The summed E-state index contributed by atoms with van der Waals surface area (Å²) in [6.45, 7) is 0.903. The molecule has 0 aliphatic carbocycles. The van der Waals surface area contributed by atoms with E-state index in [0.29, 0.717) is 0 Å². The molecule has 0 aliphatic heterocycles. The summed E-state index contributed by atoms with van der Waals surface area (Å²) in [7, 11) is 1.89. The second kappa shape index (κ2) is 5.73. The normalized spacial score (nSPS) is 11.1. The molecule has 1 heterocycles. The highest BCUT2D eigenvalue weighted by atomic mass is 35.5. The first-order valence-corrected chi connectivity index (χ1v) is 4.74. The second-order valence-corrected chi connectivity index (χ2v) is 3.19. The Morgan fingerprint density at radius 2 is 2.43 bits per heavy atom. The van der Waals surface area contributed by atoms with E-state index in [-0.39, 0.29) is 5.15 Å². The van der Waals surface area contributed by atoms with Crippen LogP contribution in [-0.4, -0.2) is 18.6 Å². The highest BCUT2D eigenvalue weighted by molar-refractivity contribution is 6.29. The Morgan fingerprint density at radius 1 is 1.64 bits per heavy atom. The van der Waals surface area contributed by atoms with Gasteiger partial charge >= 0.3 is 0 Å². The molecule has 2 nitrogen and oxygen atoms in total. The van der Waals surface area contributed by atoms with Crippen LogP contribution in [0.3, 0.4) is 0 Å². The van der Waals surface area contributed by atoms with Crippen molar-refractivity contribution < 1.29 is 4.39 Å². The van der Waals surface area contributed by atoms with Gasteiger partial charge in [-0.1, -0.05) is 23.8 Å². The van der Waals surface area contributed by atoms with Crippen LogP contribution < -0.4 is 5.32 Å². The summed E-state index contributed by atoms with van der Waals surface area (Å²) in [6, 6.07) is 1.37. The lowest BCUT2D eigenvalue weighted by Crippen LogP contribution is -2.05. The minimum absolute atomic E-state index is 0.0858. The fourth-order valence-electron chi connectivity index (χ4n) is 0.974. The van der Waals surface area contributed by atoms with Crippen molar-refractivity contribution in [1.82, 2.24) is 10.3 Å². The molecule has 0 atom stereocenters. The monoisotopic (exact) mass is 214 g/mol. The Morgan fingerprint density at radius 3 is 3.07 bits per heavy atom. The molecule has 0 bridgehead atoms. The van der Waals surface area contributed by atoms with Crippen LogP contribution in [0, 0.1) is 5.82 Å². The van der Waals surface area contributed by atoms with E-state index in [0.717, 1.165) is 18.5 Å². The van der Waals surface area contributed by atoms with Crippen LogP contribution in [0.1, 0.15) is 12.0 Å². The molecule has 76 valence electrons. The van der Waals surface area contributed by atoms with E-state index in [4.69, 9.17) is 11.6 Å². The summed E-state index contributed by atoms with van der Waals surface area (Å²) in [4.78, 5) is 3.70. The number of nitrogens with one attached hydrogen (secondary N) is 1. The Balaban J connectivity index is 2.59. The van der Waals surface area contributed by atoms with E-state index in [9.17, 15) is 4.39 Å². The second-order valence-electron chi connectivity index (χ2n) is 2.84. The van der Waals surface area contributed by atoms with Crippen molar-refractivity contribution in [2.45, 2.75) is 6.42 Å². The SMILES string of the molecule is CNCCC=Cc1cnc(Cl)c(F)c1. The Hall–Kier alpha value is -0.930. The third-order valence-corrected chi connectivity index (χ3v) is 1.97. The highest BCUT2D eigenvalue weighted by Crippen LogP contribution is 2.12. The summed E-state index contributed by atoms with van der Waals surface area (Å²) in [5.74, 6) is -0.484. The van der Waals surface area contributed by atoms with E-state index in [1.807, 2.05) is 19.2 Å². The number of halogens is 2. The lowest BCUT2D eigenvalue weighted by molar-refractivity contribution is 0.621. The van der Waals surface area contributed by atoms with Crippen LogP contribution in [0.5, 0.6) is 0 Å². The molecule has 0 spiro atoms. The van der Waals surface area contributed by atoms with Crippen LogP contribution in [0.15, 0.2) is 18.3 Å². The standard InChI is InChI=1S/C10H12ClFN2/c1-13-5-3-2-4-8-6-9(12)10(11)14-7-8/h2,4,6-7,13H,3,5H2,1H3. The average molecular weight is 215 g/mol. The summed E-state index contributed by atoms with van der Waals surface area (Å²) < 4.78 is 12.9. The summed E-state index contributed by atoms with van der Waals surface area (Å²) >= 11 is 5.44. The van der Waals surface area contributed by atoms with Crippen LogP contribution in [0.25, 0.3) is 6.08 Å². The Kier molecular flexibility index (Phi) is 4.56. The van der Waals surface area contributed by atoms with Crippen molar-refractivity contribution in [3.63, 3.8) is 0 Å². The molecule has 0 saturated heterocycles. The molecule has 0 saturated carbocycles. The van der Waals surface area contributed by atoms with E-state index in [1.54, 1.807) is 6.20 Å². The summed E-state index contributed by atoms with van der Waals surface area (Å²) in [6.07, 6.45) is 6.23. The molecule has 0 unspecified atom stereocenters. The molecule has 0 radical (unpaired) electrons. The predicted molar refractivity (Wildman–Crippen MR) is 56.8 cm³/mol. The molecule has 1 aromatic heterocycles. The van der Waals surface area contributed by atoms with E-state index >= 15 is 0 Å². The van der Waals surface area contributed by atoms with Gasteiger partial charge < -0.3 is 5.32 Å². The zero-order chi connectivity index (χ0) is 10.4. The lowest BCUT2D eigenvalue weighted by atomic mass is 10.2. The van der Waals surface area contributed by atoms with Crippen LogP contribution in [0.4, 0.5) is 4.39 Å². The largest absolute Gasteiger partial charge is 0.319 e. The summed E-state index contributed by atoms with van der Waals surface area (Å²) in [5.41, 5.74) is 0.725. The number of hydrogen-bond acceptors (Lipinski definition) is 2. The average Bonchev–Trinajstić information content (AvgIpc) is 2.18. The first-order chi connectivity index (χ1) is 6.74. The molecule has 1 N–H and O–H groups in total. The molecule has 0 fully saturated rings. The van der Waals surface area contributed by atoms with Gasteiger partial charge in [0.15, 0.2) is 11.0 Å². The lowest BCUT2D eigenvalue weighted by Gasteiger charge is -1.95. The third-order valence-electron chi connectivity index (χ3n) is 1.69. The van der Waals surface area contributed by atoms with Crippen molar-refractivity contribution >= 4 is 17.7 Å². The van der Waals surface area contributed by atoms with Crippen LogP contribution >= 0.6 is 11.6 Å². The van der Waals surface area contributed by atoms with E-state index in [2.05, 4.69) is 10.3 Å². The topological polar surface area (TPSA) is 24.9 Å². The third kappa shape index (κ3) is 3.44. The molecule has 1 rings (SSSR count). The van der Waals surface area contributed by atoms with Crippen LogP contribution in [0.2, 0.25) is 5.15 Å². The van der Waals surface area contributed by atoms with Gasteiger partial charge in [-0.3, -0.25) is 0 Å². The van der Waals surface area contributed by atoms with Crippen LogP contribution in [-0.2, 0) is 0 Å². The van der Waals surface area contributed by atoms with Gasteiger partial charge in [-0.25, -0.2) is 9.37 Å². The van der Waals surface area contributed by atoms with Gasteiger partial charge in [0.25, 0.3) is 0 Å². The van der Waals surface area contributed by atoms with Crippen molar-refractivity contribution in [3.8, 4) is 0 Å². The van der Waals surface area contributed by atoms with Gasteiger partial charge in [-0.05, 0) is 31.6 Å². The molecule has 4 heteroatoms. The molecule has 0 amide bonds. The number of nitrogens with zero attached hydrogens (tertiary/aromatic N) is 1. The van der Waals surface area contributed by atoms with E-state index < -0.39 is 5.82 Å². The zero-order valence-electron chi connectivity index (χ0n) is 7.93. The maximum Gasteiger partial charge on any atom is 0.164 e. The van der Waals surface area contributed by atoms with Crippen molar-refractivity contribution in [3.05, 3.63) is 34.9 Å². The van der Waals surface area contributed by atoms with Crippen molar-refractivity contribution in [1.29, 1.82) is 0 Å². The Labute approximate surface area is 87.8 Å². The zero-order valence-corrected chi connectivity index (χ0v) is 8.68. The van der Waals surface area contributed by atoms with E-state index in [1.165, 1.54) is 6.07 Å². The number of aromatic nitrogens is 1. The molecular weight excluding hydrogens is 203 g/mol. The van der Waals surface area contributed by atoms with Gasteiger partial charge in [-0.15, -0.1) is 0 Å². The Bertz CT molecular complexity index is 326. The van der Waals surface area contributed by atoms with Gasteiger partial charge in [0.1, 0.15) is 0 Å². The predicted octanol–water partition coefficient (Wildman–Crippen LogP) is 2.50. The molecule has 0 aromatic carbocycles. The fourth-order valence-corrected chi connectivity index (χ4v) is 1.08. The molecule has 14 heavy (non-hydrogen) atoms. The minimum Gasteiger partial charge on any atom is -0.319 e. The molecule has 0 aliphatic rings. The van der Waals surface area contributed by atoms with Gasteiger partial charge in [0.2, 0.25) is 0 Å². The quantitative estimate of drug-likeness (QED) is 0.616. The maximum absolute atomic E-state index is 12.9. The van der Waals surface area contributed by atoms with Crippen molar-refractivity contribution in [2.75, 3.05) is 13.6 Å². The fraction of sp³-hybridized carbons (Fsp3) is 0.300. The number of rotatable bonds is 4. The first kappa shape index (κ1) is 11.1. The summed E-state index contributed by atoms with van der Waals surface area (Å²) in [5, 5.41) is 2.93.